The molecule has 0 bridgehead atoms. The van der Waals surface area contributed by atoms with Crippen molar-refractivity contribution in [3.05, 3.63) is 106 Å². The molecular weight excluding hydrogens is 402 g/mol. The number of rotatable bonds is 8. The number of benzene rings is 2. The highest BCUT2D eigenvalue weighted by Gasteiger charge is 2.30. The third-order valence-corrected chi connectivity index (χ3v) is 5.57. The first kappa shape index (κ1) is 23.0. The van der Waals surface area contributed by atoms with E-state index in [0.717, 1.165) is 11.1 Å². The van der Waals surface area contributed by atoms with E-state index in [2.05, 4.69) is 5.32 Å². The number of carbonyl (C=O) groups is 2. The topological polar surface area (TPSA) is 71.4 Å². The van der Waals surface area contributed by atoms with Crippen molar-refractivity contribution in [1.29, 1.82) is 0 Å². The second-order valence-corrected chi connectivity index (χ2v) is 7.77. The van der Waals surface area contributed by atoms with Gasteiger partial charge in [0.15, 0.2) is 0 Å². The molecule has 1 unspecified atom stereocenters. The fourth-order valence-corrected chi connectivity index (χ4v) is 3.74. The molecule has 0 aliphatic rings. The van der Waals surface area contributed by atoms with Gasteiger partial charge in [0.05, 0.1) is 5.56 Å². The van der Waals surface area contributed by atoms with Crippen molar-refractivity contribution < 1.29 is 9.59 Å². The maximum atomic E-state index is 13.6. The molecule has 3 aromatic rings. The van der Waals surface area contributed by atoms with E-state index in [1.54, 1.807) is 18.9 Å². The van der Waals surface area contributed by atoms with Gasteiger partial charge in [0.1, 0.15) is 6.04 Å². The van der Waals surface area contributed by atoms with Crippen molar-refractivity contribution >= 4 is 11.8 Å². The molecule has 3 rings (SSSR count). The fraction of sp³-hybridized carbons (Fsp3) is 0.269. The van der Waals surface area contributed by atoms with Crippen LogP contribution in [0.3, 0.4) is 0 Å². The minimum absolute atomic E-state index is 0.120. The standard InChI is InChI=1S/C26H29N3O3/c1-4-27-25(31)19(2)29(26(32)22-15-16-24(30)28(3)17-22)18-23(20-11-7-5-8-12-20)21-13-9-6-10-14-21/h5-17,19,23H,4,18H2,1-3H3,(H,27,31). The molecule has 2 amide bonds. The maximum absolute atomic E-state index is 13.6. The summed E-state index contributed by atoms with van der Waals surface area (Å²) in [5.41, 5.74) is 2.28. The Balaban J connectivity index is 2.04. The lowest BCUT2D eigenvalue weighted by molar-refractivity contribution is -0.125. The van der Waals surface area contributed by atoms with Crippen LogP contribution in [0.2, 0.25) is 0 Å². The van der Waals surface area contributed by atoms with Crippen molar-refractivity contribution in [2.75, 3.05) is 13.1 Å². The number of carbonyl (C=O) groups excluding carboxylic acids is 2. The Morgan fingerprint density at radius 1 is 0.938 bits per heavy atom. The van der Waals surface area contributed by atoms with Crippen molar-refractivity contribution in [3.63, 3.8) is 0 Å². The summed E-state index contributed by atoms with van der Waals surface area (Å²) < 4.78 is 1.37. The molecule has 0 saturated heterocycles. The molecule has 1 atom stereocenters. The van der Waals surface area contributed by atoms with Crippen LogP contribution in [0.1, 0.15) is 41.3 Å². The third-order valence-electron chi connectivity index (χ3n) is 5.57. The Labute approximate surface area is 188 Å². The van der Waals surface area contributed by atoms with E-state index in [1.165, 1.54) is 22.9 Å². The van der Waals surface area contributed by atoms with Crippen LogP contribution in [0.25, 0.3) is 0 Å². The highest BCUT2D eigenvalue weighted by atomic mass is 16.2. The number of aromatic nitrogens is 1. The molecular formula is C26H29N3O3. The van der Waals surface area contributed by atoms with Gasteiger partial charge in [-0.15, -0.1) is 0 Å². The molecule has 166 valence electrons. The smallest absolute Gasteiger partial charge is 0.256 e. The molecule has 0 aliphatic carbocycles. The molecule has 0 spiro atoms. The zero-order chi connectivity index (χ0) is 23.1. The molecule has 6 nitrogen and oxygen atoms in total. The highest BCUT2D eigenvalue weighted by Crippen LogP contribution is 2.27. The maximum Gasteiger partial charge on any atom is 0.256 e. The number of pyridine rings is 1. The molecule has 6 heteroatoms. The largest absolute Gasteiger partial charge is 0.355 e. The van der Waals surface area contributed by atoms with E-state index in [0.29, 0.717) is 18.7 Å². The second kappa shape index (κ2) is 10.6. The Bertz CT molecular complexity index is 1070. The van der Waals surface area contributed by atoms with E-state index >= 15 is 0 Å². The predicted octanol–water partition coefficient (Wildman–Crippen LogP) is 3.18. The summed E-state index contributed by atoms with van der Waals surface area (Å²) in [5.74, 6) is -0.632. The Kier molecular flexibility index (Phi) is 7.60. The summed E-state index contributed by atoms with van der Waals surface area (Å²) in [5, 5.41) is 2.82. The number of likely N-dealkylation sites (N-methyl/N-ethyl adjacent to an activating group) is 1. The first-order chi connectivity index (χ1) is 15.4. The van der Waals surface area contributed by atoms with Crippen LogP contribution in [-0.2, 0) is 11.8 Å². The minimum Gasteiger partial charge on any atom is -0.355 e. The van der Waals surface area contributed by atoms with E-state index < -0.39 is 6.04 Å². The van der Waals surface area contributed by atoms with Gasteiger partial charge in [0.25, 0.3) is 5.91 Å². The first-order valence-corrected chi connectivity index (χ1v) is 10.8. The van der Waals surface area contributed by atoms with Crippen molar-refractivity contribution in [2.24, 2.45) is 7.05 Å². The average molecular weight is 432 g/mol. The van der Waals surface area contributed by atoms with Gasteiger partial charge in [0.2, 0.25) is 11.5 Å². The predicted molar refractivity (Wildman–Crippen MR) is 126 cm³/mol. The van der Waals surface area contributed by atoms with Crippen LogP contribution in [0.15, 0.2) is 83.8 Å². The lowest BCUT2D eigenvalue weighted by Crippen LogP contribution is -2.49. The summed E-state index contributed by atoms with van der Waals surface area (Å²) in [6.07, 6.45) is 1.52. The van der Waals surface area contributed by atoms with Gasteiger partial charge < -0.3 is 14.8 Å². The molecule has 2 aromatic carbocycles. The monoisotopic (exact) mass is 431 g/mol. The zero-order valence-electron chi connectivity index (χ0n) is 18.7. The van der Waals surface area contributed by atoms with Crippen molar-refractivity contribution in [1.82, 2.24) is 14.8 Å². The van der Waals surface area contributed by atoms with Gasteiger partial charge in [0, 0.05) is 38.3 Å². The van der Waals surface area contributed by atoms with Crippen LogP contribution in [0.5, 0.6) is 0 Å². The molecule has 0 aliphatic heterocycles. The molecule has 1 heterocycles. The van der Waals surface area contributed by atoms with Crippen LogP contribution in [0, 0.1) is 0 Å². The van der Waals surface area contributed by atoms with Gasteiger partial charge in [-0.05, 0) is 31.0 Å². The van der Waals surface area contributed by atoms with Crippen LogP contribution in [0.4, 0.5) is 0 Å². The van der Waals surface area contributed by atoms with E-state index in [4.69, 9.17) is 0 Å². The number of aryl methyl sites for hydroxylation is 1. The minimum atomic E-state index is -0.686. The molecule has 1 N–H and O–H groups in total. The summed E-state index contributed by atoms with van der Waals surface area (Å²) in [4.78, 5) is 39.7. The van der Waals surface area contributed by atoms with Crippen molar-refractivity contribution in [3.8, 4) is 0 Å². The van der Waals surface area contributed by atoms with E-state index in [9.17, 15) is 14.4 Å². The van der Waals surface area contributed by atoms with Crippen LogP contribution in [-0.4, -0.2) is 40.4 Å². The number of nitrogens with zero attached hydrogens (tertiary/aromatic N) is 2. The number of amides is 2. The normalized spacial score (nSPS) is 11.8. The van der Waals surface area contributed by atoms with Crippen LogP contribution < -0.4 is 10.9 Å². The highest BCUT2D eigenvalue weighted by molar-refractivity contribution is 5.97. The Morgan fingerprint density at radius 3 is 2.00 bits per heavy atom. The lowest BCUT2D eigenvalue weighted by atomic mass is 9.90. The van der Waals surface area contributed by atoms with E-state index in [1.807, 2.05) is 67.6 Å². The van der Waals surface area contributed by atoms with Crippen LogP contribution >= 0.6 is 0 Å². The van der Waals surface area contributed by atoms with Gasteiger partial charge in [-0.3, -0.25) is 14.4 Å². The second-order valence-electron chi connectivity index (χ2n) is 7.77. The molecule has 1 aromatic heterocycles. The van der Waals surface area contributed by atoms with Gasteiger partial charge >= 0.3 is 0 Å². The van der Waals surface area contributed by atoms with Gasteiger partial charge in [-0.2, -0.15) is 0 Å². The first-order valence-electron chi connectivity index (χ1n) is 10.8. The summed E-state index contributed by atoms with van der Waals surface area (Å²) in [6.45, 7) is 4.37. The summed E-state index contributed by atoms with van der Waals surface area (Å²) >= 11 is 0. The number of hydrogen-bond acceptors (Lipinski definition) is 3. The fourth-order valence-electron chi connectivity index (χ4n) is 3.74. The molecule has 0 radical (unpaired) electrons. The summed E-state index contributed by atoms with van der Waals surface area (Å²) in [7, 11) is 1.60. The molecule has 32 heavy (non-hydrogen) atoms. The third kappa shape index (κ3) is 5.32. The van der Waals surface area contributed by atoms with E-state index in [-0.39, 0.29) is 23.3 Å². The molecule has 0 saturated carbocycles. The zero-order valence-corrected chi connectivity index (χ0v) is 18.7. The average Bonchev–Trinajstić information content (AvgIpc) is 2.82. The lowest BCUT2D eigenvalue weighted by Gasteiger charge is -2.32. The number of hydrogen-bond donors (Lipinski definition) is 1. The van der Waals surface area contributed by atoms with Crippen molar-refractivity contribution in [2.45, 2.75) is 25.8 Å². The Hall–Kier alpha value is -3.67. The number of nitrogens with one attached hydrogen (secondary N) is 1. The Morgan fingerprint density at radius 2 is 1.50 bits per heavy atom. The molecule has 0 fully saturated rings. The van der Waals surface area contributed by atoms with Gasteiger partial charge in [-0.1, -0.05) is 60.7 Å². The SMILES string of the molecule is CCNC(=O)C(C)N(CC(c1ccccc1)c1ccccc1)C(=O)c1ccc(=O)n(C)c1. The quantitative estimate of drug-likeness (QED) is 0.596. The van der Waals surface area contributed by atoms with Gasteiger partial charge in [-0.25, -0.2) is 0 Å². The summed E-state index contributed by atoms with van der Waals surface area (Å²) in [6, 6.07) is 22.1.